The summed E-state index contributed by atoms with van der Waals surface area (Å²) in [4.78, 5) is 18.9. The Kier molecular flexibility index (Phi) is 6.97. The van der Waals surface area contributed by atoms with Gasteiger partial charge in [0.25, 0.3) is 5.91 Å². The normalized spacial score (nSPS) is 11.6. The molecule has 0 bridgehead atoms. The molecule has 1 atom stereocenters. The minimum Gasteiger partial charge on any atom is -0.482 e. The van der Waals surface area contributed by atoms with E-state index in [4.69, 9.17) is 10.5 Å². The van der Waals surface area contributed by atoms with Gasteiger partial charge in [0.1, 0.15) is 12.2 Å². The zero-order chi connectivity index (χ0) is 22.7. The van der Waals surface area contributed by atoms with Crippen LogP contribution in [0.3, 0.4) is 0 Å². The number of anilines is 1. The molecule has 0 fully saturated rings. The molecule has 0 aliphatic carbocycles. The number of ether oxygens (including phenoxy) is 1. The van der Waals surface area contributed by atoms with E-state index in [1.54, 1.807) is 43.4 Å². The summed E-state index contributed by atoms with van der Waals surface area (Å²) in [6.07, 6.45) is 1.14. The molecule has 2 N–H and O–H groups in total. The van der Waals surface area contributed by atoms with Crippen LogP contribution in [-0.2, 0) is 13.6 Å². The summed E-state index contributed by atoms with van der Waals surface area (Å²) in [5.41, 5.74) is 8.15. The number of rotatable bonds is 6. The lowest BCUT2D eigenvalue weighted by Gasteiger charge is -2.22. The van der Waals surface area contributed by atoms with E-state index in [9.17, 15) is 10.1 Å². The van der Waals surface area contributed by atoms with Gasteiger partial charge in [0.05, 0.1) is 16.7 Å². The van der Waals surface area contributed by atoms with Gasteiger partial charge in [-0.15, -0.1) is 0 Å². The highest BCUT2D eigenvalue weighted by atomic mass is 79.9. The third-order valence-electron chi connectivity index (χ3n) is 4.68. The van der Waals surface area contributed by atoms with E-state index < -0.39 is 6.10 Å². The quantitative estimate of drug-likeness (QED) is 0.495. The molecule has 0 aliphatic heterocycles. The van der Waals surface area contributed by atoms with Crippen LogP contribution in [0.5, 0.6) is 5.75 Å². The first-order chi connectivity index (χ1) is 14.7. The van der Waals surface area contributed by atoms with Gasteiger partial charge in [-0.05, 0) is 50.9 Å². The van der Waals surface area contributed by atoms with Crippen molar-refractivity contribution in [2.45, 2.75) is 19.6 Å². The zero-order valence-electron chi connectivity index (χ0n) is 17.1. The summed E-state index contributed by atoms with van der Waals surface area (Å²) in [7, 11) is 3.37. The predicted molar refractivity (Wildman–Crippen MR) is 123 cm³/mol. The predicted octanol–water partition coefficient (Wildman–Crippen LogP) is 4.21. The maximum absolute atomic E-state index is 13.2. The second-order valence-electron chi connectivity index (χ2n) is 6.89. The number of aryl methyl sites for hydroxylation is 1. The Morgan fingerprint density at radius 3 is 2.77 bits per heavy atom. The first-order valence-electron chi connectivity index (χ1n) is 9.26. The fourth-order valence-electron chi connectivity index (χ4n) is 3.10. The highest BCUT2D eigenvalue weighted by Gasteiger charge is 2.23. The van der Waals surface area contributed by atoms with Crippen LogP contribution in [0, 0.1) is 11.3 Å². The number of aromatic nitrogens is 3. The van der Waals surface area contributed by atoms with Crippen molar-refractivity contribution in [3.8, 4) is 11.8 Å². The summed E-state index contributed by atoms with van der Waals surface area (Å²) in [5, 5.41) is 13.6. The second-order valence-corrected chi connectivity index (χ2v) is 8.60. The van der Waals surface area contributed by atoms with Crippen molar-refractivity contribution < 1.29 is 9.53 Å². The highest BCUT2D eigenvalue weighted by molar-refractivity contribution is 9.10. The monoisotopic (exact) mass is 546 g/mol. The van der Waals surface area contributed by atoms with Crippen LogP contribution in [0.15, 0.2) is 45.5 Å². The number of hydrogen-bond donors (Lipinski definition) is 1. The number of nitrogens with two attached hydrogens (primary N) is 1. The molecule has 2 heterocycles. The summed E-state index contributed by atoms with van der Waals surface area (Å²) in [6, 6.07) is 11.1. The van der Waals surface area contributed by atoms with Gasteiger partial charge in [-0.2, -0.15) is 10.4 Å². The van der Waals surface area contributed by atoms with E-state index in [1.807, 2.05) is 19.1 Å². The van der Waals surface area contributed by atoms with Gasteiger partial charge >= 0.3 is 0 Å². The zero-order valence-corrected chi connectivity index (χ0v) is 20.3. The topological polar surface area (TPSA) is 110 Å². The van der Waals surface area contributed by atoms with E-state index >= 15 is 0 Å². The van der Waals surface area contributed by atoms with Crippen LogP contribution in [0.1, 0.15) is 40.3 Å². The molecule has 31 heavy (non-hydrogen) atoms. The summed E-state index contributed by atoms with van der Waals surface area (Å²) in [5.74, 6) is 0.505. The van der Waals surface area contributed by atoms with E-state index in [0.29, 0.717) is 27.2 Å². The molecular formula is C21H20Br2N6O2. The largest absolute Gasteiger partial charge is 0.482 e. The number of nitriles is 1. The van der Waals surface area contributed by atoms with Gasteiger partial charge in [-0.25, -0.2) is 4.98 Å². The molecule has 0 radical (unpaired) electrons. The van der Waals surface area contributed by atoms with Crippen LogP contribution < -0.4 is 10.5 Å². The molecular weight excluding hydrogens is 528 g/mol. The van der Waals surface area contributed by atoms with Gasteiger partial charge in [0.2, 0.25) is 0 Å². The SMILES string of the molecule is CC(Oc1cc(Br)cnc1N)c1ccccc1C(=O)N(C)Cc1nn(C)c(C#N)c1Br. The van der Waals surface area contributed by atoms with Crippen molar-refractivity contribution in [3.63, 3.8) is 0 Å². The molecule has 10 heteroatoms. The van der Waals surface area contributed by atoms with Gasteiger partial charge < -0.3 is 15.4 Å². The van der Waals surface area contributed by atoms with E-state index in [1.165, 1.54) is 4.68 Å². The van der Waals surface area contributed by atoms with E-state index in [-0.39, 0.29) is 18.3 Å². The van der Waals surface area contributed by atoms with Crippen LogP contribution in [-0.4, -0.2) is 32.6 Å². The minimum atomic E-state index is -0.446. The van der Waals surface area contributed by atoms with Gasteiger partial charge in [0, 0.05) is 35.9 Å². The number of carbonyl (C=O) groups is 1. The van der Waals surface area contributed by atoms with Crippen LogP contribution in [0.2, 0.25) is 0 Å². The lowest BCUT2D eigenvalue weighted by Crippen LogP contribution is -2.28. The second kappa shape index (κ2) is 9.49. The molecule has 0 aliphatic rings. The minimum absolute atomic E-state index is 0.192. The van der Waals surface area contributed by atoms with Crippen molar-refractivity contribution in [2.75, 3.05) is 12.8 Å². The first kappa shape index (κ1) is 22.8. The average molecular weight is 548 g/mol. The molecule has 0 saturated carbocycles. The van der Waals surface area contributed by atoms with Gasteiger partial charge in [-0.1, -0.05) is 18.2 Å². The molecule has 0 spiro atoms. The van der Waals surface area contributed by atoms with Crippen molar-refractivity contribution in [2.24, 2.45) is 7.05 Å². The Morgan fingerprint density at radius 2 is 2.10 bits per heavy atom. The van der Waals surface area contributed by atoms with E-state index in [2.05, 4.69) is 48.0 Å². The third kappa shape index (κ3) is 4.89. The molecule has 2 aromatic heterocycles. The standard InChI is InChI=1S/C21H20Br2N6O2/c1-12(31-18-8-13(22)10-26-20(18)25)14-6-4-5-7-15(14)21(30)28(2)11-16-19(23)17(9-24)29(3)27-16/h4-8,10,12H,11H2,1-3H3,(H2,25,26). The molecule has 0 saturated heterocycles. The molecule has 1 amide bonds. The average Bonchev–Trinajstić information content (AvgIpc) is 3.02. The Morgan fingerprint density at radius 1 is 1.39 bits per heavy atom. The van der Waals surface area contributed by atoms with E-state index in [0.717, 1.165) is 10.0 Å². The van der Waals surface area contributed by atoms with Crippen LogP contribution in [0.4, 0.5) is 5.82 Å². The first-order valence-corrected chi connectivity index (χ1v) is 10.8. The summed E-state index contributed by atoms with van der Waals surface area (Å²) < 4.78 is 8.81. The highest BCUT2D eigenvalue weighted by Crippen LogP contribution is 2.30. The molecule has 8 nitrogen and oxygen atoms in total. The Balaban J connectivity index is 1.84. The lowest BCUT2D eigenvalue weighted by molar-refractivity contribution is 0.0778. The number of hydrogen-bond acceptors (Lipinski definition) is 6. The third-order valence-corrected chi connectivity index (χ3v) is 5.94. The number of halogens is 2. The van der Waals surface area contributed by atoms with Crippen molar-refractivity contribution in [1.29, 1.82) is 5.26 Å². The number of benzene rings is 1. The lowest BCUT2D eigenvalue weighted by atomic mass is 10.0. The molecule has 3 rings (SSSR count). The van der Waals surface area contributed by atoms with Gasteiger partial charge in [-0.3, -0.25) is 9.48 Å². The number of nitrogen functional groups attached to an aromatic ring is 1. The number of amides is 1. The number of nitrogens with zero attached hydrogens (tertiary/aromatic N) is 5. The summed E-state index contributed by atoms with van der Waals surface area (Å²) in [6.45, 7) is 2.09. The van der Waals surface area contributed by atoms with Crippen molar-refractivity contribution >= 4 is 43.6 Å². The van der Waals surface area contributed by atoms with Crippen LogP contribution in [0.25, 0.3) is 0 Å². The fraction of sp³-hybridized carbons (Fsp3) is 0.238. The Bertz CT molecular complexity index is 1170. The van der Waals surface area contributed by atoms with Gasteiger partial charge in [0.15, 0.2) is 17.3 Å². The van der Waals surface area contributed by atoms with Crippen molar-refractivity contribution in [1.82, 2.24) is 19.7 Å². The molecule has 3 aromatic rings. The fourth-order valence-corrected chi connectivity index (χ4v) is 3.96. The van der Waals surface area contributed by atoms with Crippen molar-refractivity contribution in [3.05, 3.63) is 68.0 Å². The summed E-state index contributed by atoms with van der Waals surface area (Å²) >= 11 is 6.76. The number of pyridine rings is 1. The molecule has 160 valence electrons. The smallest absolute Gasteiger partial charge is 0.254 e. The maximum atomic E-state index is 13.2. The Hall–Kier alpha value is -2.90. The number of carbonyl (C=O) groups excluding carboxylic acids is 1. The molecule has 1 aromatic carbocycles. The molecule has 1 unspecified atom stereocenters. The Labute approximate surface area is 196 Å². The maximum Gasteiger partial charge on any atom is 0.254 e. The van der Waals surface area contributed by atoms with Crippen LogP contribution >= 0.6 is 31.9 Å².